The number of benzene rings is 2. The van der Waals surface area contributed by atoms with E-state index < -0.39 is 0 Å². The molecule has 0 saturated heterocycles. The lowest BCUT2D eigenvalue weighted by Gasteiger charge is -2.14. The van der Waals surface area contributed by atoms with E-state index in [1.807, 2.05) is 50.2 Å². The fourth-order valence-corrected chi connectivity index (χ4v) is 3.47. The summed E-state index contributed by atoms with van der Waals surface area (Å²) < 4.78 is 2.94. The van der Waals surface area contributed by atoms with Gasteiger partial charge in [-0.15, -0.1) is 5.10 Å². The Labute approximate surface area is 174 Å². The van der Waals surface area contributed by atoms with Gasteiger partial charge in [-0.05, 0) is 56.5 Å². The standard InChI is InChI=1S/C22H23ClN4O2/c1-14-3-5-16(6-4-14)15(2)24-20(28)13-26-22(29)27(19-11-12-19)21(25-26)17-7-9-18(23)10-8-17/h3-10,15,19H,11-13H2,1-2H3,(H,24,28)/t15-/m0/s1. The van der Waals surface area contributed by atoms with Crippen molar-refractivity contribution in [2.75, 3.05) is 0 Å². The average Bonchev–Trinajstić information content (AvgIpc) is 3.48. The monoisotopic (exact) mass is 410 g/mol. The van der Waals surface area contributed by atoms with Crippen LogP contribution in [-0.4, -0.2) is 20.3 Å². The normalized spacial score (nSPS) is 14.6. The molecule has 150 valence electrons. The molecule has 2 aromatic carbocycles. The molecule has 0 spiro atoms. The van der Waals surface area contributed by atoms with Gasteiger partial charge in [0, 0.05) is 16.6 Å². The van der Waals surface area contributed by atoms with Crippen LogP contribution in [0.5, 0.6) is 0 Å². The van der Waals surface area contributed by atoms with Gasteiger partial charge in [-0.2, -0.15) is 0 Å². The largest absolute Gasteiger partial charge is 0.348 e. The maximum absolute atomic E-state index is 12.9. The zero-order valence-electron chi connectivity index (χ0n) is 16.4. The van der Waals surface area contributed by atoms with Crippen LogP contribution < -0.4 is 11.0 Å². The van der Waals surface area contributed by atoms with E-state index in [-0.39, 0.29) is 30.2 Å². The number of nitrogens with zero attached hydrogens (tertiary/aromatic N) is 3. The fraction of sp³-hybridized carbons (Fsp3) is 0.318. The second kappa shape index (κ2) is 7.87. The molecule has 7 heteroatoms. The molecule has 6 nitrogen and oxygen atoms in total. The number of halogens is 1. The van der Waals surface area contributed by atoms with Crippen molar-refractivity contribution in [3.8, 4) is 11.4 Å². The van der Waals surface area contributed by atoms with Crippen LogP contribution in [0.25, 0.3) is 11.4 Å². The molecule has 4 rings (SSSR count). The van der Waals surface area contributed by atoms with Gasteiger partial charge in [0.15, 0.2) is 5.82 Å². The third-order valence-electron chi connectivity index (χ3n) is 5.13. The summed E-state index contributed by atoms with van der Waals surface area (Å²) in [6.45, 7) is 3.83. The maximum atomic E-state index is 12.9. The van der Waals surface area contributed by atoms with Gasteiger partial charge in [-0.25, -0.2) is 9.48 Å². The van der Waals surface area contributed by atoms with Crippen molar-refractivity contribution in [1.82, 2.24) is 19.7 Å². The molecule has 0 bridgehead atoms. The van der Waals surface area contributed by atoms with Crippen molar-refractivity contribution in [1.29, 1.82) is 0 Å². The zero-order valence-corrected chi connectivity index (χ0v) is 17.2. The lowest BCUT2D eigenvalue weighted by Crippen LogP contribution is -2.34. The molecule has 1 saturated carbocycles. The molecule has 29 heavy (non-hydrogen) atoms. The molecule has 1 fully saturated rings. The highest BCUT2D eigenvalue weighted by molar-refractivity contribution is 6.30. The Hall–Kier alpha value is -2.86. The van der Waals surface area contributed by atoms with E-state index >= 15 is 0 Å². The molecule has 1 atom stereocenters. The molecule has 1 N–H and O–H groups in total. The van der Waals surface area contributed by atoms with E-state index in [2.05, 4.69) is 10.4 Å². The first kappa shape index (κ1) is 19.5. The Bertz CT molecular complexity index is 1080. The number of aryl methyl sites for hydroxylation is 1. The van der Waals surface area contributed by atoms with Crippen LogP contribution in [0.1, 0.15) is 43.0 Å². The highest BCUT2D eigenvalue weighted by Gasteiger charge is 2.30. The summed E-state index contributed by atoms with van der Waals surface area (Å²) in [5, 5.41) is 8.04. The van der Waals surface area contributed by atoms with Gasteiger partial charge in [0.2, 0.25) is 5.91 Å². The Balaban J connectivity index is 1.55. The minimum absolute atomic E-state index is 0.116. The molecule has 1 aliphatic rings. The van der Waals surface area contributed by atoms with Crippen molar-refractivity contribution in [2.45, 2.75) is 45.3 Å². The van der Waals surface area contributed by atoms with Crippen LogP contribution in [0.2, 0.25) is 5.02 Å². The van der Waals surface area contributed by atoms with Crippen LogP contribution in [0.15, 0.2) is 53.3 Å². The Morgan fingerprint density at radius 1 is 1.17 bits per heavy atom. The summed E-state index contributed by atoms with van der Waals surface area (Å²) in [6.07, 6.45) is 1.89. The minimum atomic E-state index is -0.254. The van der Waals surface area contributed by atoms with Gasteiger partial charge in [0.05, 0.1) is 6.04 Å². The Kier molecular flexibility index (Phi) is 5.28. The first-order valence-corrected chi connectivity index (χ1v) is 10.1. The van der Waals surface area contributed by atoms with Crippen LogP contribution >= 0.6 is 11.6 Å². The molecule has 0 aliphatic heterocycles. The lowest BCUT2D eigenvalue weighted by atomic mass is 10.1. The van der Waals surface area contributed by atoms with Gasteiger partial charge in [-0.1, -0.05) is 41.4 Å². The fourth-order valence-electron chi connectivity index (χ4n) is 3.34. The predicted octanol–water partition coefficient (Wildman–Crippen LogP) is 3.89. The van der Waals surface area contributed by atoms with Gasteiger partial charge < -0.3 is 5.32 Å². The van der Waals surface area contributed by atoms with Crippen molar-refractivity contribution >= 4 is 17.5 Å². The second-order valence-electron chi connectivity index (χ2n) is 7.57. The van der Waals surface area contributed by atoms with E-state index in [1.54, 1.807) is 16.7 Å². The highest BCUT2D eigenvalue weighted by Crippen LogP contribution is 2.36. The second-order valence-corrected chi connectivity index (χ2v) is 8.01. The van der Waals surface area contributed by atoms with Gasteiger partial charge in [0.1, 0.15) is 6.54 Å². The van der Waals surface area contributed by atoms with Gasteiger partial charge in [0.25, 0.3) is 0 Å². The van der Waals surface area contributed by atoms with E-state index in [4.69, 9.17) is 11.6 Å². The number of amides is 1. The first-order valence-electron chi connectivity index (χ1n) is 9.73. The number of aromatic nitrogens is 3. The quantitative estimate of drug-likeness (QED) is 0.670. The zero-order chi connectivity index (χ0) is 20.5. The van der Waals surface area contributed by atoms with Crippen LogP contribution in [0.3, 0.4) is 0 Å². The van der Waals surface area contributed by atoms with E-state index in [0.29, 0.717) is 10.8 Å². The maximum Gasteiger partial charge on any atom is 0.346 e. The predicted molar refractivity (Wildman–Crippen MR) is 113 cm³/mol. The number of hydrogen-bond acceptors (Lipinski definition) is 3. The Morgan fingerprint density at radius 2 is 1.83 bits per heavy atom. The Morgan fingerprint density at radius 3 is 2.45 bits per heavy atom. The summed E-state index contributed by atoms with van der Waals surface area (Å²) in [6, 6.07) is 15.2. The first-order chi connectivity index (χ1) is 13.9. The van der Waals surface area contributed by atoms with E-state index in [9.17, 15) is 9.59 Å². The minimum Gasteiger partial charge on any atom is -0.348 e. The number of rotatable bonds is 6. The van der Waals surface area contributed by atoms with Crippen LogP contribution in [-0.2, 0) is 11.3 Å². The van der Waals surface area contributed by atoms with E-state index in [1.165, 1.54) is 10.2 Å². The van der Waals surface area contributed by atoms with Gasteiger partial charge >= 0.3 is 5.69 Å². The number of hydrogen-bond donors (Lipinski definition) is 1. The summed E-state index contributed by atoms with van der Waals surface area (Å²) in [7, 11) is 0. The molecule has 0 unspecified atom stereocenters. The third-order valence-corrected chi connectivity index (χ3v) is 5.39. The molecular formula is C22H23ClN4O2. The SMILES string of the molecule is Cc1ccc([C@H](C)NC(=O)Cn2nc(-c3ccc(Cl)cc3)n(C3CC3)c2=O)cc1. The molecule has 1 aromatic heterocycles. The average molecular weight is 411 g/mol. The molecule has 1 aliphatic carbocycles. The summed E-state index contributed by atoms with van der Waals surface area (Å²) in [5.41, 5.74) is 2.74. The number of nitrogens with one attached hydrogen (secondary N) is 1. The highest BCUT2D eigenvalue weighted by atomic mass is 35.5. The number of carbonyl (C=O) groups excluding carboxylic acids is 1. The van der Waals surface area contributed by atoms with Crippen molar-refractivity contribution < 1.29 is 4.79 Å². The van der Waals surface area contributed by atoms with Crippen molar-refractivity contribution in [2.24, 2.45) is 0 Å². The summed E-state index contributed by atoms with van der Waals surface area (Å²) >= 11 is 5.98. The van der Waals surface area contributed by atoms with Gasteiger partial charge in [-0.3, -0.25) is 9.36 Å². The summed E-state index contributed by atoms with van der Waals surface area (Å²) in [5.74, 6) is 0.330. The smallest absolute Gasteiger partial charge is 0.346 e. The lowest BCUT2D eigenvalue weighted by molar-refractivity contribution is -0.122. The summed E-state index contributed by atoms with van der Waals surface area (Å²) in [4.78, 5) is 25.5. The van der Waals surface area contributed by atoms with Crippen LogP contribution in [0, 0.1) is 6.92 Å². The number of carbonyl (C=O) groups is 1. The molecule has 0 radical (unpaired) electrons. The van der Waals surface area contributed by atoms with Crippen molar-refractivity contribution in [3.63, 3.8) is 0 Å². The molecule has 3 aromatic rings. The third kappa shape index (κ3) is 4.27. The molecule has 1 heterocycles. The molecular weight excluding hydrogens is 388 g/mol. The van der Waals surface area contributed by atoms with E-state index in [0.717, 1.165) is 24.0 Å². The van der Waals surface area contributed by atoms with Crippen molar-refractivity contribution in [3.05, 3.63) is 75.2 Å². The van der Waals surface area contributed by atoms with Crippen LogP contribution in [0.4, 0.5) is 0 Å². The molecule has 1 amide bonds. The topological polar surface area (TPSA) is 68.9 Å².